The van der Waals surface area contributed by atoms with Gasteiger partial charge in [-0.3, -0.25) is 0 Å². The summed E-state index contributed by atoms with van der Waals surface area (Å²) >= 11 is 0. The first-order valence-electron chi connectivity index (χ1n) is 11.7. The fourth-order valence-electron chi connectivity index (χ4n) is 4.13. The van der Waals surface area contributed by atoms with E-state index in [0.717, 1.165) is 42.4 Å². The van der Waals surface area contributed by atoms with Crippen molar-refractivity contribution in [1.29, 1.82) is 0 Å². The molecule has 0 spiro atoms. The normalized spacial score (nSPS) is 18.1. The molecule has 7 heteroatoms. The zero-order valence-electron chi connectivity index (χ0n) is 19.6. The van der Waals surface area contributed by atoms with E-state index in [1.54, 1.807) is 25.3 Å². The van der Waals surface area contributed by atoms with Crippen LogP contribution in [0.3, 0.4) is 0 Å². The number of halogens is 1. The lowest BCUT2D eigenvalue weighted by Crippen LogP contribution is -2.28. The molecule has 2 aromatic carbocycles. The summed E-state index contributed by atoms with van der Waals surface area (Å²) in [4.78, 5) is 16.8. The fourth-order valence-corrected chi connectivity index (χ4v) is 4.13. The highest BCUT2D eigenvalue weighted by molar-refractivity contribution is 5.91. The second kappa shape index (κ2) is 11.4. The predicted molar refractivity (Wildman–Crippen MR) is 125 cm³/mol. The van der Waals surface area contributed by atoms with Gasteiger partial charge >= 0.3 is 5.97 Å². The summed E-state index contributed by atoms with van der Waals surface area (Å²) in [6, 6.07) is 11.8. The molecule has 34 heavy (non-hydrogen) atoms. The summed E-state index contributed by atoms with van der Waals surface area (Å²) in [5.41, 5.74) is 3.82. The minimum absolute atomic E-state index is 0.0576. The molecule has 3 aromatic rings. The van der Waals surface area contributed by atoms with Crippen molar-refractivity contribution in [1.82, 2.24) is 4.98 Å². The smallest absolute Gasteiger partial charge is 0.338 e. The minimum atomic E-state index is -0.317. The Kier molecular flexibility index (Phi) is 8.08. The maximum atomic E-state index is 13.1. The second-order valence-corrected chi connectivity index (χ2v) is 8.56. The van der Waals surface area contributed by atoms with Gasteiger partial charge in [0, 0.05) is 5.56 Å². The van der Waals surface area contributed by atoms with E-state index in [-0.39, 0.29) is 24.0 Å². The minimum Gasteiger partial charge on any atom is -0.462 e. The van der Waals surface area contributed by atoms with Gasteiger partial charge in [0.25, 0.3) is 0 Å². The molecule has 180 valence electrons. The van der Waals surface area contributed by atoms with Crippen molar-refractivity contribution >= 4 is 5.97 Å². The Labute approximate surface area is 199 Å². The number of oxazole rings is 1. The van der Waals surface area contributed by atoms with E-state index >= 15 is 0 Å². The standard InChI is InChI=1S/C27H30FNO5/c1-3-31-27(30)25-13-18(2)7-8-20(25)15-32-23-5-4-6-24(14-23)33-16-22-17-34-26(29-22)19-9-11-21(28)12-10-19/h7-13,17,23-24H,3-6,14-16H2,1-2H3. The molecule has 0 aliphatic heterocycles. The molecular weight excluding hydrogens is 437 g/mol. The maximum Gasteiger partial charge on any atom is 0.338 e. The van der Waals surface area contributed by atoms with E-state index in [0.29, 0.717) is 37.0 Å². The number of ether oxygens (including phenoxy) is 3. The molecule has 0 saturated heterocycles. The van der Waals surface area contributed by atoms with Crippen LogP contribution in [0.4, 0.5) is 4.39 Å². The summed E-state index contributed by atoms with van der Waals surface area (Å²) < 4.78 is 36.1. The van der Waals surface area contributed by atoms with E-state index < -0.39 is 0 Å². The van der Waals surface area contributed by atoms with Crippen molar-refractivity contribution in [3.05, 3.63) is 76.9 Å². The molecule has 1 heterocycles. The molecule has 1 aliphatic carbocycles. The van der Waals surface area contributed by atoms with Gasteiger partial charge in [0.05, 0.1) is 37.6 Å². The molecule has 0 N–H and O–H groups in total. The van der Waals surface area contributed by atoms with Gasteiger partial charge in [-0.25, -0.2) is 14.2 Å². The largest absolute Gasteiger partial charge is 0.462 e. The number of carbonyl (C=O) groups excluding carboxylic acids is 1. The van der Waals surface area contributed by atoms with Crippen LogP contribution in [0.1, 0.15) is 59.8 Å². The van der Waals surface area contributed by atoms with Crippen LogP contribution in [0.2, 0.25) is 0 Å². The Morgan fingerprint density at radius 3 is 2.56 bits per heavy atom. The molecule has 4 rings (SSSR count). The van der Waals surface area contributed by atoms with Crippen molar-refractivity contribution in [2.24, 2.45) is 0 Å². The Balaban J connectivity index is 1.29. The molecule has 1 aliphatic rings. The Hall–Kier alpha value is -3.03. The molecule has 1 aromatic heterocycles. The molecule has 0 bridgehead atoms. The van der Waals surface area contributed by atoms with Crippen LogP contribution in [0, 0.1) is 12.7 Å². The van der Waals surface area contributed by atoms with Gasteiger partial charge in [-0.2, -0.15) is 0 Å². The highest BCUT2D eigenvalue weighted by Crippen LogP contribution is 2.27. The summed E-state index contributed by atoms with van der Waals surface area (Å²) in [5.74, 6) is -0.173. The molecule has 6 nitrogen and oxygen atoms in total. The first kappa shape index (κ1) is 24.1. The van der Waals surface area contributed by atoms with Gasteiger partial charge in [-0.1, -0.05) is 17.7 Å². The lowest BCUT2D eigenvalue weighted by atomic mass is 9.94. The van der Waals surface area contributed by atoms with Gasteiger partial charge in [-0.05, 0) is 75.4 Å². The van der Waals surface area contributed by atoms with Crippen LogP contribution in [-0.4, -0.2) is 29.8 Å². The summed E-state index contributed by atoms with van der Waals surface area (Å²) in [5, 5.41) is 0. The molecule has 2 unspecified atom stereocenters. The maximum absolute atomic E-state index is 13.1. The Bertz CT molecular complexity index is 1090. The first-order chi connectivity index (χ1) is 16.5. The van der Waals surface area contributed by atoms with Crippen LogP contribution in [0.15, 0.2) is 53.1 Å². The van der Waals surface area contributed by atoms with Crippen molar-refractivity contribution in [3.63, 3.8) is 0 Å². The monoisotopic (exact) mass is 467 g/mol. The highest BCUT2D eigenvalue weighted by Gasteiger charge is 2.24. The lowest BCUT2D eigenvalue weighted by Gasteiger charge is -2.29. The Morgan fingerprint density at radius 1 is 1.09 bits per heavy atom. The molecule has 0 radical (unpaired) electrons. The van der Waals surface area contributed by atoms with E-state index in [2.05, 4.69) is 4.98 Å². The van der Waals surface area contributed by atoms with Crippen LogP contribution in [-0.2, 0) is 27.4 Å². The topological polar surface area (TPSA) is 70.8 Å². The molecule has 1 saturated carbocycles. The molecule has 0 amide bonds. The summed E-state index contributed by atoms with van der Waals surface area (Å²) in [6.07, 6.45) is 5.40. The van der Waals surface area contributed by atoms with E-state index in [1.807, 2.05) is 25.1 Å². The Morgan fingerprint density at radius 2 is 1.82 bits per heavy atom. The number of aromatic nitrogens is 1. The summed E-state index contributed by atoms with van der Waals surface area (Å²) in [6.45, 7) is 4.79. The third-order valence-electron chi connectivity index (χ3n) is 5.92. The quantitative estimate of drug-likeness (QED) is 0.359. The number of benzene rings is 2. The number of nitrogens with zero attached hydrogens (tertiary/aromatic N) is 1. The number of carbonyl (C=O) groups is 1. The van der Waals surface area contributed by atoms with Crippen molar-refractivity contribution < 1.29 is 27.8 Å². The van der Waals surface area contributed by atoms with Crippen molar-refractivity contribution in [2.75, 3.05) is 6.61 Å². The van der Waals surface area contributed by atoms with Gasteiger partial charge in [0.2, 0.25) is 5.89 Å². The average Bonchev–Trinajstić information content (AvgIpc) is 3.32. The van der Waals surface area contributed by atoms with Crippen molar-refractivity contribution in [2.45, 2.75) is 65.0 Å². The second-order valence-electron chi connectivity index (χ2n) is 8.56. The van der Waals surface area contributed by atoms with Crippen LogP contribution < -0.4 is 0 Å². The van der Waals surface area contributed by atoms with Gasteiger partial charge in [0.1, 0.15) is 17.8 Å². The van der Waals surface area contributed by atoms with Crippen LogP contribution >= 0.6 is 0 Å². The number of hydrogen-bond donors (Lipinski definition) is 0. The van der Waals surface area contributed by atoms with Crippen LogP contribution in [0.25, 0.3) is 11.5 Å². The SMILES string of the molecule is CCOC(=O)c1cc(C)ccc1COC1CCCC(OCc2coc(-c3ccc(F)cc3)n2)C1. The number of rotatable bonds is 9. The fraction of sp³-hybridized carbons (Fsp3) is 0.407. The zero-order valence-corrected chi connectivity index (χ0v) is 19.6. The molecular formula is C27H30FNO5. The van der Waals surface area contributed by atoms with Gasteiger partial charge in [0.15, 0.2) is 0 Å². The number of hydrogen-bond acceptors (Lipinski definition) is 6. The van der Waals surface area contributed by atoms with E-state index in [9.17, 15) is 9.18 Å². The average molecular weight is 468 g/mol. The van der Waals surface area contributed by atoms with Crippen LogP contribution in [0.5, 0.6) is 0 Å². The van der Waals surface area contributed by atoms with E-state index in [4.69, 9.17) is 18.6 Å². The zero-order chi connectivity index (χ0) is 23.9. The van der Waals surface area contributed by atoms with Gasteiger partial charge < -0.3 is 18.6 Å². The highest BCUT2D eigenvalue weighted by atomic mass is 19.1. The molecule has 2 atom stereocenters. The number of aryl methyl sites for hydroxylation is 1. The lowest BCUT2D eigenvalue weighted by molar-refractivity contribution is -0.0563. The third-order valence-corrected chi connectivity index (χ3v) is 5.92. The van der Waals surface area contributed by atoms with Gasteiger partial charge in [-0.15, -0.1) is 0 Å². The van der Waals surface area contributed by atoms with Crippen molar-refractivity contribution in [3.8, 4) is 11.5 Å². The molecule has 1 fully saturated rings. The predicted octanol–water partition coefficient (Wildman–Crippen LogP) is 6.01. The van der Waals surface area contributed by atoms with E-state index in [1.165, 1.54) is 12.1 Å². The number of esters is 1. The summed E-state index contributed by atoms with van der Waals surface area (Å²) in [7, 11) is 0. The first-order valence-corrected chi connectivity index (χ1v) is 11.7. The third kappa shape index (κ3) is 6.30.